The highest BCUT2D eigenvalue weighted by Crippen LogP contribution is 2.27. The van der Waals surface area contributed by atoms with E-state index in [1.165, 1.54) is 47.7 Å². The van der Waals surface area contributed by atoms with Crippen molar-refractivity contribution in [1.82, 2.24) is 10.3 Å². The van der Waals surface area contributed by atoms with Crippen molar-refractivity contribution in [3.8, 4) is 0 Å². The molecule has 15 heavy (non-hydrogen) atoms. The number of fused-ring (bicyclic) bond motifs is 1. The Hall–Kier alpha value is -0.410. The fourth-order valence-corrected chi connectivity index (χ4v) is 3.24. The molecule has 0 aromatic carbocycles. The van der Waals surface area contributed by atoms with Gasteiger partial charge in [0, 0.05) is 17.5 Å². The van der Waals surface area contributed by atoms with Gasteiger partial charge in [-0.2, -0.15) is 0 Å². The molecular formula is C12H20N2S. The van der Waals surface area contributed by atoms with E-state index < -0.39 is 0 Å². The third-order valence-electron chi connectivity index (χ3n) is 3.17. The maximum absolute atomic E-state index is 4.69. The molecule has 1 aliphatic rings. The van der Waals surface area contributed by atoms with Crippen LogP contribution in [-0.4, -0.2) is 11.0 Å². The highest BCUT2D eigenvalue weighted by Gasteiger charge is 2.16. The SMILES string of the molecule is CCC(CC)NCc1nc2c(s1)CCC2. The van der Waals surface area contributed by atoms with Crippen LogP contribution in [0.5, 0.6) is 0 Å². The van der Waals surface area contributed by atoms with Crippen LogP contribution in [0, 0.1) is 0 Å². The third kappa shape index (κ3) is 2.58. The van der Waals surface area contributed by atoms with Gasteiger partial charge in [0.15, 0.2) is 0 Å². The van der Waals surface area contributed by atoms with E-state index in [0.29, 0.717) is 6.04 Å². The first-order valence-electron chi connectivity index (χ1n) is 6.04. The molecule has 0 saturated heterocycles. The summed E-state index contributed by atoms with van der Waals surface area (Å²) in [5, 5.41) is 4.86. The van der Waals surface area contributed by atoms with Gasteiger partial charge in [-0.05, 0) is 32.1 Å². The van der Waals surface area contributed by atoms with Crippen LogP contribution in [0.15, 0.2) is 0 Å². The van der Waals surface area contributed by atoms with Crippen LogP contribution in [0.4, 0.5) is 0 Å². The van der Waals surface area contributed by atoms with Crippen molar-refractivity contribution in [2.45, 2.75) is 58.5 Å². The number of hydrogen-bond donors (Lipinski definition) is 1. The zero-order valence-electron chi connectivity index (χ0n) is 9.68. The average Bonchev–Trinajstić information content (AvgIpc) is 2.79. The summed E-state index contributed by atoms with van der Waals surface area (Å²) >= 11 is 1.91. The fraction of sp³-hybridized carbons (Fsp3) is 0.750. The van der Waals surface area contributed by atoms with Crippen LogP contribution in [0.25, 0.3) is 0 Å². The molecule has 0 aliphatic heterocycles. The molecule has 2 rings (SSSR count). The molecular weight excluding hydrogens is 204 g/mol. The second-order valence-electron chi connectivity index (χ2n) is 4.23. The monoisotopic (exact) mass is 224 g/mol. The Morgan fingerprint density at radius 1 is 1.33 bits per heavy atom. The van der Waals surface area contributed by atoms with Gasteiger partial charge in [0.05, 0.1) is 5.69 Å². The number of thiazole rings is 1. The minimum Gasteiger partial charge on any atom is -0.308 e. The van der Waals surface area contributed by atoms with E-state index in [1.54, 1.807) is 0 Å². The van der Waals surface area contributed by atoms with E-state index in [9.17, 15) is 0 Å². The molecule has 0 bridgehead atoms. The third-order valence-corrected chi connectivity index (χ3v) is 4.32. The number of nitrogens with one attached hydrogen (secondary N) is 1. The molecule has 84 valence electrons. The van der Waals surface area contributed by atoms with Crippen molar-refractivity contribution in [2.75, 3.05) is 0 Å². The quantitative estimate of drug-likeness (QED) is 0.832. The Balaban J connectivity index is 1.88. The summed E-state index contributed by atoms with van der Waals surface area (Å²) in [4.78, 5) is 6.23. The summed E-state index contributed by atoms with van der Waals surface area (Å²) in [6.45, 7) is 5.44. The van der Waals surface area contributed by atoms with Crippen molar-refractivity contribution in [1.29, 1.82) is 0 Å². The van der Waals surface area contributed by atoms with Crippen LogP contribution < -0.4 is 5.32 Å². The molecule has 0 amide bonds. The van der Waals surface area contributed by atoms with E-state index in [0.717, 1.165) is 6.54 Å². The lowest BCUT2D eigenvalue weighted by molar-refractivity contribution is 0.483. The van der Waals surface area contributed by atoms with Crippen LogP contribution in [0.2, 0.25) is 0 Å². The van der Waals surface area contributed by atoms with Crippen molar-refractivity contribution < 1.29 is 0 Å². The molecule has 0 radical (unpaired) electrons. The largest absolute Gasteiger partial charge is 0.308 e. The Kier molecular flexibility index (Phi) is 3.76. The molecule has 3 heteroatoms. The highest BCUT2D eigenvalue weighted by molar-refractivity contribution is 7.11. The fourth-order valence-electron chi connectivity index (χ4n) is 2.13. The predicted molar refractivity (Wildman–Crippen MR) is 65.3 cm³/mol. The first-order chi connectivity index (χ1) is 7.33. The van der Waals surface area contributed by atoms with Gasteiger partial charge in [-0.15, -0.1) is 11.3 Å². The van der Waals surface area contributed by atoms with Crippen LogP contribution >= 0.6 is 11.3 Å². The summed E-state index contributed by atoms with van der Waals surface area (Å²) in [7, 11) is 0. The van der Waals surface area contributed by atoms with Crippen molar-refractivity contribution >= 4 is 11.3 Å². The maximum Gasteiger partial charge on any atom is 0.107 e. The zero-order chi connectivity index (χ0) is 10.7. The summed E-state index contributed by atoms with van der Waals surface area (Å²) in [5.41, 5.74) is 1.38. The molecule has 2 nitrogen and oxygen atoms in total. The second-order valence-corrected chi connectivity index (χ2v) is 5.39. The van der Waals surface area contributed by atoms with E-state index in [4.69, 9.17) is 0 Å². The first kappa shape index (κ1) is 11.1. The molecule has 0 saturated carbocycles. The molecule has 1 aromatic rings. The molecule has 1 aromatic heterocycles. The van der Waals surface area contributed by atoms with Crippen LogP contribution in [0.3, 0.4) is 0 Å². The van der Waals surface area contributed by atoms with E-state index in [-0.39, 0.29) is 0 Å². The van der Waals surface area contributed by atoms with Gasteiger partial charge in [-0.3, -0.25) is 0 Å². The van der Waals surface area contributed by atoms with E-state index in [2.05, 4.69) is 24.1 Å². The number of nitrogens with zero attached hydrogens (tertiary/aromatic N) is 1. The lowest BCUT2D eigenvalue weighted by atomic mass is 10.2. The molecule has 1 aliphatic carbocycles. The number of rotatable bonds is 5. The lowest BCUT2D eigenvalue weighted by Crippen LogP contribution is -2.26. The molecule has 0 atom stereocenters. The topological polar surface area (TPSA) is 24.9 Å². The Labute approximate surface area is 96.1 Å². The zero-order valence-corrected chi connectivity index (χ0v) is 10.5. The minimum atomic E-state index is 0.656. The number of aryl methyl sites for hydroxylation is 2. The van der Waals surface area contributed by atoms with Gasteiger partial charge < -0.3 is 5.32 Å². The Bertz CT molecular complexity index is 294. The molecule has 0 unspecified atom stereocenters. The van der Waals surface area contributed by atoms with Gasteiger partial charge in [-0.1, -0.05) is 13.8 Å². The van der Waals surface area contributed by atoms with Gasteiger partial charge in [0.1, 0.15) is 5.01 Å². The molecule has 0 spiro atoms. The summed E-state index contributed by atoms with van der Waals surface area (Å²) in [5.74, 6) is 0. The van der Waals surface area contributed by atoms with Crippen molar-refractivity contribution in [3.63, 3.8) is 0 Å². The standard InChI is InChI=1S/C12H20N2S/c1-3-9(4-2)13-8-12-14-10-6-5-7-11(10)15-12/h9,13H,3-8H2,1-2H3. The Morgan fingerprint density at radius 2 is 2.13 bits per heavy atom. The molecule has 1 N–H and O–H groups in total. The molecule has 1 heterocycles. The number of aromatic nitrogens is 1. The van der Waals surface area contributed by atoms with Gasteiger partial charge in [0.2, 0.25) is 0 Å². The van der Waals surface area contributed by atoms with Crippen molar-refractivity contribution in [3.05, 3.63) is 15.6 Å². The summed E-state index contributed by atoms with van der Waals surface area (Å²) in [6, 6.07) is 0.656. The second kappa shape index (κ2) is 5.08. The lowest BCUT2D eigenvalue weighted by Gasteiger charge is -2.12. The predicted octanol–water partition coefficient (Wildman–Crippen LogP) is 2.91. The maximum atomic E-state index is 4.69. The van der Waals surface area contributed by atoms with Crippen LogP contribution in [-0.2, 0) is 19.4 Å². The summed E-state index contributed by atoms with van der Waals surface area (Å²) < 4.78 is 0. The molecule has 0 fully saturated rings. The van der Waals surface area contributed by atoms with Crippen LogP contribution in [0.1, 0.15) is 48.7 Å². The first-order valence-corrected chi connectivity index (χ1v) is 6.86. The van der Waals surface area contributed by atoms with E-state index in [1.807, 2.05) is 11.3 Å². The van der Waals surface area contributed by atoms with Gasteiger partial charge >= 0.3 is 0 Å². The minimum absolute atomic E-state index is 0.656. The summed E-state index contributed by atoms with van der Waals surface area (Å²) in [6.07, 6.45) is 6.20. The highest BCUT2D eigenvalue weighted by atomic mass is 32.1. The number of hydrogen-bond acceptors (Lipinski definition) is 3. The van der Waals surface area contributed by atoms with Gasteiger partial charge in [0.25, 0.3) is 0 Å². The Morgan fingerprint density at radius 3 is 2.80 bits per heavy atom. The average molecular weight is 224 g/mol. The normalized spacial score (nSPS) is 14.9. The van der Waals surface area contributed by atoms with Gasteiger partial charge in [-0.25, -0.2) is 4.98 Å². The smallest absolute Gasteiger partial charge is 0.107 e. The van der Waals surface area contributed by atoms with Crippen molar-refractivity contribution in [2.24, 2.45) is 0 Å². The van der Waals surface area contributed by atoms with E-state index >= 15 is 0 Å².